The van der Waals surface area contributed by atoms with Crippen molar-refractivity contribution >= 4 is 17.9 Å². The molecule has 0 saturated carbocycles. The molecule has 0 aromatic heterocycles. The number of benzene rings is 1. The number of hydrogen-bond acceptors (Lipinski definition) is 4. The highest BCUT2D eigenvalue weighted by atomic mass is 16.5. The first kappa shape index (κ1) is 14.7. The first-order valence-electron chi connectivity index (χ1n) is 5.85. The Labute approximate surface area is 111 Å². The summed E-state index contributed by atoms with van der Waals surface area (Å²) in [4.78, 5) is 34.4. The van der Waals surface area contributed by atoms with Gasteiger partial charge in [-0.3, -0.25) is 14.9 Å². The van der Waals surface area contributed by atoms with Crippen LogP contribution in [0.4, 0.5) is 4.79 Å². The highest BCUT2D eigenvalue weighted by Crippen LogP contribution is 2.18. The average molecular weight is 264 g/mol. The molecule has 0 aliphatic heterocycles. The zero-order valence-corrected chi connectivity index (χ0v) is 10.8. The fourth-order valence-corrected chi connectivity index (χ4v) is 1.36. The van der Waals surface area contributed by atoms with Gasteiger partial charge in [0, 0.05) is 19.0 Å². The Morgan fingerprint density at radius 1 is 1.21 bits per heavy atom. The number of ether oxygens (including phenoxy) is 1. The van der Waals surface area contributed by atoms with Crippen molar-refractivity contribution < 1.29 is 19.1 Å². The summed E-state index contributed by atoms with van der Waals surface area (Å²) in [5.41, 5.74) is 0.505. The molecule has 3 amide bonds. The van der Waals surface area contributed by atoms with Gasteiger partial charge in [-0.1, -0.05) is 37.3 Å². The van der Waals surface area contributed by atoms with E-state index in [1.165, 1.54) is 7.05 Å². The third-order valence-electron chi connectivity index (χ3n) is 2.34. The van der Waals surface area contributed by atoms with Crippen LogP contribution in [0, 0.1) is 0 Å². The van der Waals surface area contributed by atoms with Crippen LogP contribution in [0.25, 0.3) is 0 Å². The van der Waals surface area contributed by atoms with Crippen LogP contribution in [-0.2, 0) is 14.3 Å². The van der Waals surface area contributed by atoms with Crippen molar-refractivity contribution in [2.24, 2.45) is 0 Å². The van der Waals surface area contributed by atoms with Gasteiger partial charge in [0.05, 0.1) is 0 Å². The van der Waals surface area contributed by atoms with E-state index in [2.05, 4.69) is 10.6 Å². The first-order valence-corrected chi connectivity index (χ1v) is 5.85. The molecule has 0 spiro atoms. The van der Waals surface area contributed by atoms with Crippen LogP contribution in [0.1, 0.15) is 25.0 Å². The zero-order chi connectivity index (χ0) is 14.3. The van der Waals surface area contributed by atoms with Gasteiger partial charge in [-0.25, -0.2) is 4.79 Å². The Kier molecular flexibility index (Phi) is 5.53. The molecule has 6 nitrogen and oxygen atoms in total. The number of carbonyl (C=O) groups is 3. The number of hydrogen-bond donors (Lipinski definition) is 2. The molecule has 0 fully saturated rings. The molecule has 0 aliphatic rings. The van der Waals surface area contributed by atoms with Gasteiger partial charge in [-0.15, -0.1) is 0 Å². The van der Waals surface area contributed by atoms with Gasteiger partial charge in [-0.2, -0.15) is 0 Å². The average Bonchev–Trinajstić information content (AvgIpc) is 2.44. The molecule has 102 valence electrons. The van der Waals surface area contributed by atoms with E-state index in [0.29, 0.717) is 5.56 Å². The predicted octanol–water partition coefficient (Wildman–Crippen LogP) is 1.14. The summed E-state index contributed by atoms with van der Waals surface area (Å²) in [6.45, 7) is 1.63. The van der Waals surface area contributed by atoms with Gasteiger partial charge in [0.25, 0.3) is 5.91 Å². The Hall–Kier alpha value is -2.37. The molecule has 1 aromatic carbocycles. The molecule has 1 rings (SSSR count). The largest absolute Gasteiger partial charge is 0.447 e. The van der Waals surface area contributed by atoms with Crippen LogP contribution < -0.4 is 10.6 Å². The Morgan fingerprint density at radius 2 is 1.84 bits per heavy atom. The molecule has 0 radical (unpaired) electrons. The lowest BCUT2D eigenvalue weighted by atomic mass is 10.1. The van der Waals surface area contributed by atoms with Crippen molar-refractivity contribution in [3.63, 3.8) is 0 Å². The summed E-state index contributed by atoms with van der Waals surface area (Å²) in [5.74, 6) is -1.20. The Bertz CT molecular complexity index is 459. The van der Waals surface area contributed by atoms with Crippen LogP contribution >= 0.6 is 0 Å². The molecule has 19 heavy (non-hydrogen) atoms. The number of amides is 3. The monoisotopic (exact) mass is 264 g/mol. The van der Waals surface area contributed by atoms with Crippen LogP contribution in [0.2, 0.25) is 0 Å². The maximum atomic E-state index is 11.9. The van der Waals surface area contributed by atoms with Crippen molar-refractivity contribution in [3.8, 4) is 0 Å². The van der Waals surface area contributed by atoms with Gasteiger partial charge in [0.1, 0.15) is 0 Å². The van der Waals surface area contributed by atoms with E-state index in [-0.39, 0.29) is 6.42 Å². The number of esters is 1. The fourth-order valence-electron chi connectivity index (χ4n) is 1.36. The number of imide groups is 1. The van der Waals surface area contributed by atoms with Gasteiger partial charge in [0.15, 0.2) is 0 Å². The lowest BCUT2D eigenvalue weighted by Gasteiger charge is -2.17. The molecule has 0 unspecified atom stereocenters. The van der Waals surface area contributed by atoms with E-state index in [0.717, 1.165) is 0 Å². The number of rotatable bonds is 4. The molecule has 6 heteroatoms. The summed E-state index contributed by atoms with van der Waals surface area (Å²) >= 11 is 0. The van der Waals surface area contributed by atoms with Crippen LogP contribution in [-0.4, -0.2) is 25.0 Å². The topological polar surface area (TPSA) is 84.5 Å². The molecule has 1 aromatic rings. The van der Waals surface area contributed by atoms with E-state index in [1.807, 2.05) is 0 Å². The molecular weight excluding hydrogens is 248 g/mol. The van der Waals surface area contributed by atoms with Crippen molar-refractivity contribution in [3.05, 3.63) is 35.9 Å². The molecule has 1 atom stereocenters. The quantitative estimate of drug-likeness (QED) is 0.798. The van der Waals surface area contributed by atoms with E-state index in [4.69, 9.17) is 4.74 Å². The van der Waals surface area contributed by atoms with E-state index in [1.54, 1.807) is 37.3 Å². The van der Waals surface area contributed by atoms with Crippen LogP contribution in [0.5, 0.6) is 0 Å². The molecule has 0 bridgehead atoms. The fraction of sp³-hybridized carbons (Fsp3) is 0.308. The van der Waals surface area contributed by atoms with Crippen LogP contribution in [0.15, 0.2) is 30.3 Å². The van der Waals surface area contributed by atoms with Crippen molar-refractivity contribution in [2.75, 3.05) is 7.05 Å². The smallest absolute Gasteiger partial charge is 0.321 e. The van der Waals surface area contributed by atoms with Gasteiger partial charge >= 0.3 is 12.0 Å². The standard InChI is InChI=1S/C13H16N2O4/c1-3-10(16)19-11(9-7-5-4-6-8-9)12(17)15-13(18)14-2/h4-8,11H,3H2,1-2H3,(H2,14,15,17,18)/t11-/m0/s1. The minimum absolute atomic E-state index is 0.149. The second-order valence-electron chi connectivity index (χ2n) is 3.70. The van der Waals surface area contributed by atoms with E-state index in [9.17, 15) is 14.4 Å². The number of urea groups is 1. The zero-order valence-electron chi connectivity index (χ0n) is 10.8. The summed E-state index contributed by atoms with van der Waals surface area (Å²) in [5, 5.41) is 4.35. The van der Waals surface area contributed by atoms with E-state index >= 15 is 0 Å². The highest BCUT2D eigenvalue weighted by molar-refractivity contribution is 5.97. The Balaban J connectivity index is 2.89. The van der Waals surface area contributed by atoms with Crippen molar-refractivity contribution in [1.29, 1.82) is 0 Å². The van der Waals surface area contributed by atoms with E-state index < -0.39 is 24.0 Å². The number of carbonyl (C=O) groups excluding carboxylic acids is 3. The molecular formula is C13H16N2O4. The second-order valence-corrected chi connectivity index (χ2v) is 3.70. The SMILES string of the molecule is CCC(=O)O[C@H](C(=O)NC(=O)NC)c1ccccc1. The van der Waals surface area contributed by atoms with Gasteiger partial charge < -0.3 is 10.1 Å². The summed E-state index contributed by atoms with van der Waals surface area (Å²) < 4.78 is 5.06. The molecule has 0 heterocycles. The molecule has 0 aliphatic carbocycles. The number of nitrogens with one attached hydrogen (secondary N) is 2. The maximum Gasteiger partial charge on any atom is 0.321 e. The minimum Gasteiger partial charge on any atom is -0.447 e. The predicted molar refractivity (Wildman–Crippen MR) is 68.2 cm³/mol. The summed E-state index contributed by atoms with van der Waals surface area (Å²) in [7, 11) is 1.39. The molecule has 2 N–H and O–H groups in total. The second kappa shape index (κ2) is 7.15. The maximum absolute atomic E-state index is 11.9. The third kappa shape index (κ3) is 4.42. The highest BCUT2D eigenvalue weighted by Gasteiger charge is 2.25. The normalized spacial score (nSPS) is 11.3. The third-order valence-corrected chi connectivity index (χ3v) is 2.34. The Morgan fingerprint density at radius 3 is 2.37 bits per heavy atom. The summed E-state index contributed by atoms with van der Waals surface area (Å²) in [6, 6.07) is 7.86. The van der Waals surface area contributed by atoms with Crippen molar-refractivity contribution in [2.45, 2.75) is 19.4 Å². The van der Waals surface area contributed by atoms with Gasteiger partial charge in [-0.05, 0) is 0 Å². The molecule has 0 saturated heterocycles. The lowest BCUT2D eigenvalue weighted by Crippen LogP contribution is -2.41. The minimum atomic E-state index is -1.13. The lowest BCUT2D eigenvalue weighted by molar-refractivity contribution is -0.155. The van der Waals surface area contributed by atoms with Crippen molar-refractivity contribution in [1.82, 2.24) is 10.6 Å². The first-order chi connectivity index (χ1) is 9.08. The van der Waals surface area contributed by atoms with Gasteiger partial charge in [0.2, 0.25) is 6.10 Å². The summed E-state index contributed by atoms with van der Waals surface area (Å²) in [6.07, 6.45) is -0.984. The van der Waals surface area contributed by atoms with Crippen LogP contribution in [0.3, 0.4) is 0 Å².